The highest BCUT2D eigenvalue weighted by Gasteiger charge is 2.30. The van der Waals surface area contributed by atoms with E-state index in [4.69, 9.17) is 23.2 Å². The van der Waals surface area contributed by atoms with Gasteiger partial charge in [-0.3, -0.25) is 4.79 Å². The Morgan fingerprint density at radius 3 is 2.42 bits per heavy atom. The number of hydrogen-bond acceptors (Lipinski definition) is 2. The Labute approximate surface area is 129 Å². The molecule has 2 N–H and O–H groups in total. The van der Waals surface area contributed by atoms with Gasteiger partial charge in [-0.05, 0) is 31.5 Å². The number of amides is 1. The Morgan fingerprint density at radius 1 is 1.32 bits per heavy atom. The van der Waals surface area contributed by atoms with Crippen LogP contribution in [0.25, 0.3) is 0 Å². The maximum Gasteiger partial charge on any atom is 0.226 e. The maximum absolute atomic E-state index is 12.0. The summed E-state index contributed by atoms with van der Waals surface area (Å²) in [6.45, 7) is 5.42. The van der Waals surface area contributed by atoms with Gasteiger partial charge in [-0.25, -0.2) is 0 Å². The highest BCUT2D eigenvalue weighted by atomic mass is 35.5. The monoisotopic (exact) mass is 322 g/mol. The first-order chi connectivity index (χ1) is 8.40. The fourth-order valence-electron chi connectivity index (χ4n) is 1.84. The van der Waals surface area contributed by atoms with Gasteiger partial charge in [0.05, 0.1) is 21.5 Å². The molecule has 3 nitrogen and oxygen atoms in total. The smallest absolute Gasteiger partial charge is 0.226 e. The fourth-order valence-corrected chi connectivity index (χ4v) is 2.14. The molecule has 1 amide bonds. The van der Waals surface area contributed by atoms with Gasteiger partial charge in [-0.2, -0.15) is 0 Å². The molecule has 2 rings (SSSR count). The summed E-state index contributed by atoms with van der Waals surface area (Å²) in [5.74, 6) is 0.150. The number of nitrogens with one attached hydrogen (secondary N) is 2. The van der Waals surface area contributed by atoms with Gasteiger partial charge in [0.25, 0.3) is 0 Å². The van der Waals surface area contributed by atoms with Crippen molar-refractivity contribution in [1.82, 2.24) is 10.6 Å². The third kappa shape index (κ3) is 3.76. The lowest BCUT2D eigenvalue weighted by atomic mass is 9.92. The number of halogens is 3. The normalized spacial score (nSPS) is 15.4. The van der Waals surface area contributed by atoms with E-state index in [1.165, 1.54) is 0 Å². The second-order valence-electron chi connectivity index (χ2n) is 5.10. The summed E-state index contributed by atoms with van der Waals surface area (Å²) in [5.41, 5.74) is 0.485. The minimum atomic E-state index is -0.457. The largest absolute Gasteiger partial charge is 0.347 e. The molecule has 0 aliphatic carbocycles. The molecule has 0 bridgehead atoms. The molecular formula is C13H17Cl3N2O. The lowest BCUT2D eigenvalue weighted by Crippen LogP contribution is -2.54. The van der Waals surface area contributed by atoms with Crippen molar-refractivity contribution in [3.8, 4) is 0 Å². The Kier molecular flexibility index (Phi) is 5.51. The Hall–Kier alpha value is -0.480. The van der Waals surface area contributed by atoms with Crippen molar-refractivity contribution in [2.45, 2.75) is 19.4 Å². The fraction of sp³-hybridized carbons (Fsp3) is 0.462. The summed E-state index contributed by atoms with van der Waals surface area (Å²) >= 11 is 11.9. The van der Waals surface area contributed by atoms with Gasteiger partial charge in [-0.1, -0.05) is 29.3 Å². The third-order valence-electron chi connectivity index (χ3n) is 3.23. The van der Waals surface area contributed by atoms with Crippen LogP contribution in [-0.2, 0) is 10.3 Å². The minimum Gasteiger partial charge on any atom is -0.347 e. The molecule has 0 saturated carbocycles. The first-order valence-corrected chi connectivity index (χ1v) is 6.64. The standard InChI is InChI=1S/C13H16Cl2N2O.ClH/c1-13(2,17-12(18)8-6-16-7-8)9-3-4-10(14)11(15)5-9;/h3-5,8,16H,6-7H2,1-2H3,(H,17,18);1H. The van der Waals surface area contributed by atoms with Crippen LogP contribution in [0, 0.1) is 5.92 Å². The summed E-state index contributed by atoms with van der Waals surface area (Å²) in [4.78, 5) is 12.0. The van der Waals surface area contributed by atoms with E-state index in [2.05, 4.69) is 10.6 Å². The summed E-state index contributed by atoms with van der Waals surface area (Å²) in [7, 11) is 0. The van der Waals surface area contributed by atoms with Crippen molar-refractivity contribution in [3.05, 3.63) is 33.8 Å². The number of carbonyl (C=O) groups excluding carboxylic acids is 1. The van der Waals surface area contributed by atoms with Crippen molar-refractivity contribution in [3.63, 3.8) is 0 Å². The highest BCUT2D eigenvalue weighted by Crippen LogP contribution is 2.28. The van der Waals surface area contributed by atoms with Gasteiger partial charge in [0.15, 0.2) is 0 Å². The van der Waals surface area contributed by atoms with Crippen LogP contribution in [0.4, 0.5) is 0 Å². The molecule has 0 radical (unpaired) electrons. The second-order valence-corrected chi connectivity index (χ2v) is 5.91. The molecule has 1 aliphatic rings. The average Bonchev–Trinajstić information content (AvgIpc) is 2.18. The van der Waals surface area contributed by atoms with E-state index in [0.717, 1.165) is 18.7 Å². The zero-order valence-corrected chi connectivity index (χ0v) is 13.1. The van der Waals surface area contributed by atoms with Crippen LogP contribution in [-0.4, -0.2) is 19.0 Å². The lowest BCUT2D eigenvalue weighted by Gasteiger charge is -2.33. The predicted octanol–water partition coefficient (Wildman–Crippen LogP) is 2.99. The lowest BCUT2D eigenvalue weighted by molar-refractivity contribution is -0.128. The molecule has 1 aliphatic heterocycles. The summed E-state index contributed by atoms with van der Waals surface area (Å²) < 4.78 is 0. The van der Waals surface area contributed by atoms with E-state index >= 15 is 0 Å². The van der Waals surface area contributed by atoms with E-state index in [1.54, 1.807) is 12.1 Å². The Morgan fingerprint density at radius 2 is 1.95 bits per heavy atom. The first kappa shape index (κ1) is 16.6. The molecule has 0 atom stereocenters. The molecule has 0 aromatic heterocycles. The molecule has 1 heterocycles. The van der Waals surface area contributed by atoms with E-state index in [1.807, 2.05) is 19.9 Å². The van der Waals surface area contributed by atoms with Crippen LogP contribution >= 0.6 is 35.6 Å². The molecule has 106 valence electrons. The highest BCUT2D eigenvalue weighted by molar-refractivity contribution is 6.42. The van der Waals surface area contributed by atoms with Gasteiger partial charge in [0.2, 0.25) is 5.91 Å². The van der Waals surface area contributed by atoms with Crippen LogP contribution < -0.4 is 10.6 Å². The van der Waals surface area contributed by atoms with Gasteiger partial charge in [-0.15, -0.1) is 12.4 Å². The molecule has 0 spiro atoms. The van der Waals surface area contributed by atoms with Crippen molar-refractivity contribution < 1.29 is 4.79 Å². The van der Waals surface area contributed by atoms with E-state index in [-0.39, 0.29) is 24.2 Å². The quantitative estimate of drug-likeness (QED) is 0.898. The zero-order valence-electron chi connectivity index (χ0n) is 10.8. The molecule has 1 saturated heterocycles. The predicted molar refractivity (Wildman–Crippen MR) is 81.2 cm³/mol. The van der Waals surface area contributed by atoms with Gasteiger partial charge in [0.1, 0.15) is 0 Å². The van der Waals surface area contributed by atoms with Crippen molar-refractivity contribution in [2.24, 2.45) is 5.92 Å². The second kappa shape index (κ2) is 6.31. The van der Waals surface area contributed by atoms with Crippen molar-refractivity contribution in [1.29, 1.82) is 0 Å². The zero-order chi connectivity index (χ0) is 13.3. The topological polar surface area (TPSA) is 41.1 Å². The van der Waals surface area contributed by atoms with E-state index < -0.39 is 5.54 Å². The van der Waals surface area contributed by atoms with Crippen LogP contribution in [0.2, 0.25) is 10.0 Å². The van der Waals surface area contributed by atoms with Gasteiger partial charge >= 0.3 is 0 Å². The summed E-state index contributed by atoms with van der Waals surface area (Å²) in [5, 5.41) is 7.15. The molecule has 19 heavy (non-hydrogen) atoms. The van der Waals surface area contributed by atoms with Crippen molar-refractivity contribution in [2.75, 3.05) is 13.1 Å². The minimum absolute atomic E-state index is 0. The summed E-state index contributed by atoms with van der Waals surface area (Å²) in [6.07, 6.45) is 0. The summed E-state index contributed by atoms with van der Waals surface area (Å²) in [6, 6.07) is 5.43. The molecule has 0 unspecified atom stereocenters. The van der Waals surface area contributed by atoms with Crippen LogP contribution in [0.1, 0.15) is 19.4 Å². The van der Waals surface area contributed by atoms with Crippen LogP contribution in [0.3, 0.4) is 0 Å². The Bertz CT molecular complexity index is 473. The van der Waals surface area contributed by atoms with Crippen LogP contribution in [0.15, 0.2) is 18.2 Å². The number of benzene rings is 1. The number of rotatable bonds is 3. The van der Waals surface area contributed by atoms with Gasteiger partial charge in [0, 0.05) is 13.1 Å². The molecule has 1 aromatic rings. The molecular weight excluding hydrogens is 307 g/mol. The molecule has 1 fully saturated rings. The molecule has 1 aromatic carbocycles. The average molecular weight is 324 g/mol. The number of hydrogen-bond donors (Lipinski definition) is 2. The third-order valence-corrected chi connectivity index (χ3v) is 3.97. The molecule has 6 heteroatoms. The van der Waals surface area contributed by atoms with Gasteiger partial charge < -0.3 is 10.6 Å². The number of carbonyl (C=O) groups is 1. The Balaban J connectivity index is 0.00000180. The van der Waals surface area contributed by atoms with E-state index in [0.29, 0.717) is 10.0 Å². The van der Waals surface area contributed by atoms with Crippen molar-refractivity contribution >= 4 is 41.5 Å². The maximum atomic E-state index is 12.0. The van der Waals surface area contributed by atoms with Crippen LogP contribution in [0.5, 0.6) is 0 Å². The SMILES string of the molecule is CC(C)(NC(=O)C1CNC1)c1ccc(Cl)c(Cl)c1.Cl. The first-order valence-electron chi connectivity index (χ1n) is 5.88. The van der Waals surface area contributed by atoms with E-state index in [9.17, 15) is 4.79 Å².